The molecule has 0 saturated carbocycles. The van der Waals surface area contributed by atoms with Crippen molar-refractivity contribution in [2.75, 3.05) is 12.3 Å². The molecule has 1 aromatic carbocycles. The van der Waals surface area contributed by atoms with Crippen LogP contribution in [0.2, 0.25) is 0 Å². The van der Waals surface area contributed by atoms with Gasteiger partial charge in [0.2, 0.25) is 0 Å². The Morgan fingerprint density at radius 3 is 2.54 bits per heavy atom. The Hall–Kier alpha value is -1.96. The largest absolute Gasteiger partial charge is 0.502 e. The average Bonchev–Trinajstić information content (AvgIpc) is 2.68. The van der Waals surface area contributed by atoms with Crippen LogP contribution in [0.1, 0.15) is 40.2 Å². The molecule has 0 fully saturated rings. The molecule has 0 spiro atoms. The van der Waals surface area contributed by atoms with Crippen LogP contribution in [0, 0.1) is 10.1 Å². The van der Waals surface area contributed by atoms with E-state index in [1.807, 2.05) is 13.8 Å². The number of carbonyl (C=O) groups is 1. The van der Waals surface area contributed by atoms with Crippen molar-refractivity contribution < 1.29 is 19.6 Å². The van der Waals surface area contributed by atoms with Crippen LogP contribution in [0.5, 0.6) is 5.75 Å². The zero-order valence-electron chi connectivity index (χ0n) is 14.7. The van der Waals surface area contributed by atoms with E-state index >= 15 is 0 Å². The summed E-state index contributed by atoms with van der Waals surface area (Å²) in [7, 11) is 0. The van der Waals surface area contributed by atoms with Crippen LogP contribution in [0.15, 0.2) is 17.0 Å². The molecule has 24 heavy (non-hydrogen) atoms. The Bertz CT molecular complexity index is 613. The van der Waals surface area contributed by atoms with Gasteiger partial charge in [-0.1, -0.05) is 13.8 Å². The molecule has 1 amide bonds. The van der Waals surface area contributed by atoms with Gasteiger partial charge >= 0.3 is 11.8 Å². The van der Waals surface area contributed by atoms with Gasteiger partial charge in [0, 0.05) is 23.3 Å². The first-order valence-electron chi connectivity index (χ1n) is 7.78. The summed E-state index contributed by atoms with van der Waals surface area (Å²) in [5, 5.41) is 20.6. The zero-order chi connectivity index (χ0) is 18.5. The third kappa shape index (κ3) is 5.30. The van der Waals surface area contributed by atoms with Crippen molar-refractivity contribution in [1.29, 1.82) is 0 Å². The van der Waals surface area contributed by atoms with Gasteiger partial charge in [0.15, 0.2) is 5.75 Å². The molecule has 0 bridgehead atoms. The van der Waals surface area contributed by atoms with Gasteiger partial charge in [-0.2, -0.15) is 0 Å². The van der Waals surface area contributed by atoms with E-state index in [-0.39, 0.29) is 12.2 Å². The lowest BCUT2D eigenvalue weighted by atomic mass is 10.1. The van der Waals surface area contributed by atoms with Gasteiger partial charge in [-0.15, -0.1) is 11.8 Å². The quantitative estimate of drug-likeness (QED) is 0.599. The Labute approximate surface area is 146 Å². The van der Waals surface area contributed by atoms with E-state index in [1.165, 1.54) is 28.8 Å². The van der Waals surface area contributed by atoms with E-state index in [0.29, 0.717) is 22.8 Å². The van der Waals surface area contributed by atoms with Gasteiger partial charge in [-0.25, -0.2) is 4.79 Å². The Balaban J connectivity index is 0.00000139. The molecule has 2 rings (SSSR count). The second-order valence-corrected chi connectivity index (χ2v) is 7.09. The molecule has 7 nitrogen and oxygen atoms in total. The van der Waals surface area contributed by atoms with E-state index in [1.54, 1.807) is 20.8 Å². The van der Waals surface area contributed by atoms with Crippen molar-refractivity contribution in [3.8, 4) is 5.75 Å². The summed E-state index contributed by atoms with van der Waals surface area (Å²) < 4.78 is 5.35. The van der Waals surface area contributed by atoms with Gasteiger partial charge < -0.3 is 14.7 Å². The second kappa shape index (κ2) is 8.23. The number of amides is 1. The van der Waals surface area contributed by atoms with Gasteiger partial charge in [-0.3, -0.25) is 10.1 Å². The van der Waals surface area contributed by atoms with Crippen molar-refractivity contribution in [2.45, 2.75) is 51.7 Å². The molecule has 0 unspecified atom stereocenters. The number of phenolic OH excluding ortho intramolecular Hbond substituents is 1. The monoisotopic (exact) mass is 356 g/mol. The first-order chi connectivity index (χ1) is 11.2. The molecule has 0 aromatic heterocycles. The predicted molar refractivity (Wildman–Crippen MR) is 93.5 cm³/mol. The lowest BCUT2D eigenvalue weighted by Crippen LogP contribution is -2.37. The highest BCUT2D eigenvalue weighted by molar-refractivity contribution is 7.99. The molecular weight excluding hydrogens is 332 g/mol. The van der Waals surface area contributed by atoms with Crippen molar-refractivity contribution in [3.63, 3.8) is 0 Å². The number of nitro benzene ring substituents is 1. The van der Waals surface area contributed by atoms with E-state index in [0.717, 1.165) is 0 Å². The minimum atomic E-state index is -0.618. The first-order valence-corrected chi connectivity index (χ1v) is 8.77. The second-order valence-electron chi connectivity index (χ2n) is 5.96. The molecule has 0 saturated heterocycles. The van der Waals surface area contributed by atoms with Gasteiger partial charge in [0.25, 0.3) is 0 Å². The zero-order valence-corrected chi connectivity index (χ0v) is 15.5. The highest BCUT2D eigenvalue weighted by Crippen LogP contribution is 2.36. The van der Waals surface area contributed by atoms with Crippen molar-refractivity contribution in [1.82, 2.24) is 4.90 Å². The number of rotatable bonds is 1. The maximum absolute atomic E-state index is 12.2. The number of thioether (sulfide) groups is 1. The minimum absolute atomic E-state index is 0.253. The summed E-state index contributed by atoms with van der Waals surface area (Å²) in [5.41, 5.74) is -0.231. The van der Waals surface area contributed by atoms with Gasteiger partial charge in [-0.05, 0) is 32.4 Å². The van der Waals surface area contributed by atoms with Crippen LogP contribution in [-0.4, -0.2) is 38.9 Å². The Kier molecular flexibility index (Phi) is 6.89. The molecule has 0 aliphatic carbocycles. The summed E-state index contributed by atoms with van der Waals surface area (Å²) in [4.78, 5) is 24.7. The maximum atomic E-state index is 12.2. The Morgan fingerprint density at radius 1 is 1.38 bits per heavy atom. The van der Waals surface area contributed by atoms with E-state index in [2.05, 4.69) is 0 Å². The van der Waals surface area contributed by atoms with Crippen LogP contribution in [-0.2, 0) is 11.3 Å². The van der Waals surface area contributed by atoms with Crippen LogP contribution < -0.4 is 0 Å². The fourth-order valence-electron chi connectivity index (χ4n) is 2.04. The maximum Gasteiger partial charge on any atom is 0.410 e. The number of hydrogen-bond donors (Lipinski definition) is 1. The summed E-state index contributed by atoms with van der Waals surface area (Å²) in [6, 6.07) is 2.71. The van der Waals surface area contributed by atoms with Crippen molar-refractivity contribution in [3.05, 3.63) is 27.8 Å². The highest BCUT2D eigenvalue weighted by Gasteiger charge is 2.27. The molecule has 1 aliphatic rings. The number of ether oxygens (including phenoxy) is 1. The van der Waals surface area contributed by atoms with Crippen LogP contribution in [0.4, 0.5) is 10.5 Å². The normalized spacial score (nSPS) is 14.0. The summed E-state index contributed by atoms with van der Waals surface area (Å²) in [5.74, 6) is 0.212. The van der Waals surface area contributed by atoms with Crippen LogP contribution in [0.25, 0.3) is 0 Å². The lowest BCUT2D eigenvalue weighted by Gasteiger charge is -2.26. The third-order valence-electron chi connectivity index (χ3n) is 2.99. The van der Waals surface area contributed by atoms with Gasteiger partial charge in [0.1, 0.15) is 5.60 Å². The number of nitro groups is 1. The fraction of sp³-hybridized carbons (Fsp3) is 0.562. The molecule has 8 heteroatoms. The fourth-order valence-corrected chi connectivity index (χ4v) is 3.07. The molecule has 0 radical (unpaired) electrons. The summed E-state index contributed by atoms with van der Waals surface area (Å²) in [6.45, 7) is 10.1. The van der Waals surface area contributed by atoms with Crippen molar-refractivity contribution in [2.24, 2.45) is 0 Å². The number of phenols is 1. The number of carbonyl (C=O) groups excluding carboxylic acids is 1. The number of aromatic hydroxyl groups is 1. The summed E-state index contributed by atoms with van der Waals surface area (Å²) >= 11 is 1.42. The first kappa shape index (κ1) is 20.1. The Morgan fingerprint density at radius 2 is 2.00 bits per heavy atom. The average molecular weight is 356 g/mol. The topological polar surface area (TPSA) is 92.9 Å². The SMILES string of the molecule is CC.CC(C)(C)OC(=O)N1CCSc2cc([N+](=O)[O-])c(O)cc2C1. The van der Waals surface area contributed by atoms with Crippen molar-refractivity contribution >= 4 is 23.5 Å². The molecule has 1 aromatic rings. The number of hydrogen-bond acceptors (Lipinski definition) is 6. The number of benzene rings is 1. The van der Waals surface area contributed by atoms with E-state index in [9.17, 15) is 20.0 Å². The van der Waals surface area contributed by atoms with E-state index in [4.69, 9.17) is 4.74 Å². The number of nitrogens with zero attached hydrogens (tertiary/aromatic N) is 2. The van der Waals surface area contributed by atoms with Crippen LogP contribution >= 0.6 is 11.8 Å². The summed E-state index contributed by atoms with van der Waals surface area (Å²) in [6.07, 6.45) is -0.432. The molecular formula is C16H24N2O5S. The van der Waals surface area contributed by atoms with Gasteiger partial charge in [0.05, 0.1) is 11.5 Å². The molecule has 134 valence electrons. The third-order valence-corrected chi connectivity index (χ3v) is 4.06. The molecule has 1 heterocycles. The molecule has 1 N–H and O–H groups in total. The highest BCUT2D eigenvalue weighted by atomic mass is 32.2. The van der Waals surface area contributed by atoms with E-state index < -0.39 is 22.4 Å². The molecule has 1 aliphatic heterocycles. The van der Waals surface area contributed by atoms with Crippen LogP contribution in [0.3, 0.4) is 0 Å². The number of fused-ring (bicyclic) bond motifs is 1. The predicted octanol–water partition coefficient (Wildman–Crippen LogP) is 4.17. The molecule has 0 atom stereocenters. The standard InChI is InChI=1S/C14H18N2O5S.C2H6/c1-14(2,3)21-13(18)15-4-5-22-12-7-10(16(19)20)11(17)6-9(12)8-15;1-2/h6-7,17H,4-5,8H2,1-3H3;1-2H3. The minimum Gasteiger partial charge on any atom is -0.502 e. The lowest BCUT2D eigenvalue weighted by molar-refractivity contribution is -0.386. The smallest absolute Gasteiger partial charge is 0.410 e.